The molecule has 1 aromatic heterocycles. The number of hydrogen-bond acceptors (Lipinski definition) is 6. The van der Waals surface area contributed by atoms with E-state index in [4.69, 9.17) is 18.9 Å². The molecule has 6 nitrogen and oxygen atoms in total. The van der Waals surface area contributed by atoms with Gasteiger partial charge in [-0.2, -0.15) is 0 Å². The Kier molecular flexibility index (Phi) is 8.39. The molecule has 2 aromatic rings. The highest BCUT2D eigenvalue weighted by atomic mass is 32.1. The maximum Gasteiger partial charge on any atom is 0.254 e. The van der Waals surface area contributed by atoms with Crippen LogP contribution < -0.4 is 14.2 Å². The third-order valence-corrected chi connectivity index (χ3v) is 5.82. The quantitative estimate of drug-likeness (QED) is 0.540. The first kappa shape index (κ1) is 22.4. The van der Waals surface area contributed by atoms with Gasteiger partial charge in [-0.05, 0) is 57.2 Å². The average molecular weight is 434 g/mol. The van der Waals surface area contributed by atoms with Crippen LogP contribution in [0.5, 0.6) is 17.2 Å². The summed E-state index contributed by atoms with van der Waals surface area (Å²) in [6, 6.07) is 7.79. The smallest absolute Gasteiger partial charge is 0.254 e. The number of carbonyl (C=O) groups excluding carboxylic acids is 1. The summed E-state index contributed by atoms with van der Waals surface area (Å²) < 4.78 is 22.9. The van der Waals surface area contributed by atoms with Gasteiger partial charge in [0.05, 0.1) is 26.4 Å². The van der Waals surface area contributed by atoms with Gasteiger partial charge in [0.15, 0.2) is 11.5 Å². The molecule has 0 unspecified atom stereocenters. The van der Waals surface area contributed by atoms with Gasteiger partial charge in [-0.1, -0.05) is 6.07 Å². The lowest BCUT2D eigenvalue weighted by Gasteiger charge is -2.34. The third kappa shape index (κ3) is 5.46. The Morgan fingerprint density at radius 1 is 1.07 bits per heavy atom. The summed E-state index contributed by atoms with van der Waals surface area (Å²) in [6.45, 7) is 9.11. The molecule has 2 heterocycles. The summed E-state index contributed by atoms with van der Waals surface area (Å²) in [5.41, 5.74) is 0.549. The summed E-state index contributed by atoms with van der Waals surface area (Å²) >= 11 is 1.66. The van der Waals surface area contributed by atoms with E-state index in [1.54, 1.807) is 23.5 Å². The molecule has 1 amide bonds. The van der Waals surface area contributed by atoms with Crippen LogP contribution in [0, 0.1) is 0 Å². The second kappa shape index (κ2) is 11.2. The van der Waals surface area contributed by atoms with Crippen LogP contribution in [-0.4, -0.2) is 49.9 Å². The van der Waals surface area contributed by atoms with Crippen LogP contribution in [0.3, 0.4) is 0 Å². The number of rotatable bonds is 10. The standard InChI is InChI=1S/C23H31NO5S/c1-4-27-20-14-17(15-21(28-5-2)22(20)29-6-3)23(25)24(16-19-8-7-13-30-19)18-9-11-26-12-10-18/h7-8,13-15,18H,4-6,9-12,16H2,1-3H3. The molecule has 7 heteroatoms. The van der Waals surface area contributed by atoms with Crippen molar-refractivity contribution in [2.75, 3.05) is 33.0 Å². The van der Waals surface area contributed by atoms with Crippen LogP contribution in [0.15, 0.2) is 29.6 Å². The topological polar surface area (TPSA) is 57.2 Å². The number of carbonyl (C=O) groups is 1. The molecule has 1 aliphatic heterocycles. The molecule has 0 aliphatic carbocycles. The monoisotopic (exact) mass is 433 g/mol. The second-order valence-corrected chi connectivity index (χ2v) is 7.99. The predicted octanol–water partition coefficient (Wildman–Crippen LogP) is 4.77. The molecule has 30 heavy (non-hydrogen) atoms. The summed E-state index contributed by atoms with van der Waals surface area (Å²) in [5.74, 6) is 1.60. The molecule has 0 saturated carbocycles. The van der Waals surface area contributed by atoms with Crippen molar-refractivity contribution < 1.29 is 23.7 Å². The van der Waals surface area contributed by atoms with E-state index in [9.17, 15) is 4.79 Å². The van der Waals surface area contributed by atoms with E-state index in [2.05, 4.69) is 6.07 Å². The largest absolute Gasteiger partial charge is 0.490 e. The molecule has 1 aromatic carbocycles. The predicted molar refractivity (Wildman–Crippen MR) is 118 cm³/mol. The van der Waals surface area contributed by atoms with E-state index in [1.165, 1.54) is 0 Å². The van der Waals surface area contributed by atoms with Gasteiger partial charge < -0.3 is 23.8 Å². The first-order valence-electron chi connectivity index (χ1n) is 10.6. The fraction of sp³-hybridized carbons (Fsp3) is 0.522. The minimum atomic E-state index is -0.0275. The Morgan fingerprint density at radius 3 is 2.23 bits per heavy atom. The van der Waals surface area contributed by atoms with Crippen LogP contribution in [-0.2, 0) is 11.3 Å². The molecule has 0 N–H and O–H groups in total. The van der Waals surface area contributed by atoms with Gasteiger partial charge in [-0.3, -0.25) is 4.79 Å². The summed E-state index contributed by atoms with van der Waals surface area (Å²) in [4.78, 5) is 16.8. The van der Waals surface area contributed by atoms with Crippen molar-refractivity contribution in [1.82, 2.24) is 4.90 Å². The first-order valence-corrected chi connectivity index (χ1v) is 11.5. The fourth-order valence-corrected chi connectivity index (χ4v) is 4.31. The van der Waals surface area contributed by atoms with Crippen LogP contribution in [0.1, 0.15) is 48.8 Å². The van der Waals surface area contributed by atoms with Gasteiger partial charge >= 0.3 is 0 Å². The van der Waals surface area contributed by atoms with Crippen molar-refractivity contribution in [3.8, 4) is 17.2 Å². The Balaban J connectivity index is 1.97. The number of thiophene rings is 1. The van der Waals surface area contributed by atoms with E-state index < -0.39 is 0 Å². The molecule has 0 atom stereocenters. The number of ether oxygens (including phenoxy) is 4. The molecule has 3 rings (SSSR count). The van der Waals surface area contributed by atoms with Crippen LogP contribution in [0.25, 0.3) is 0 Å². The zero-order valence-corrected chi connectivity index (χ0v) is 18.8. The SMILES string of the molecule is CCOc1cc(C(=O)N(Cc2cccs2)C2CCOCC2)cc(OCC)c1OCC. The van der Waals surface area contributed by atoms with E-state index in [0.29, 0.717) is 62.4 Å². The Labute approximate surface area is 182 Å². The third-order valence-electron chi connectivity index (χ3n) is 4.95. The molecular formula is C23H31NO5S. The van der Waals surface area contributed by atoms with E-state index in [-0.39, 0.29) is 11.9 Å². The molecule has 0 radical (unpaired) electrons. The van der Waals surface area contributed by atoms with Crippen molar-refractivity contribution in [2.24, 2.45) is 0 Å². The van der Waals surface area contributed by atoms with Crippen LogP contribution in [0.4, 0.5) is 0 Å². The molecule has 0 bridgehead atoms. The van der Waals surface area contributed by atoms with Gasteiger partial charge in [-0.25, -0.2) is 0 Å². The normalized spacial score (nSPS) is 14.4. The van der Waals surface area contributed by atoms with Crippen molar-refractivity contribution in [2.45, 2.75) is 46.2 Å². The Bertz CT molecular complexity index is 775. The minimum absolute atomic E-state index is 0.0275. The summed E-state index contributed by atoms with van der Waals surface area (Å²) in [7, 11) is 0. The molecule has 1 fully saturated rings. The zero-order chi connectivity index (χ0) is 21.3. The number of benzene rings is 1. The lowest BCUT2D eigenvalue weighted by Crippen LogP contribution is -2.42. The van der Waals surface area contributed by atoms with Crippen molar-refractivity contribution in [1.29, 1.82) is 0 Å². The van der Waals surface area contributed by atoms with Gasteiger partial charge in [0, 0.05) is 29.7 Å². The highest BCUT2D eigenvalue weighted by Crippen LogP contribution is 2.40. The Hall–Kier alpha value is -2.25. The maximum absolute atomic E-state index is 13.7. The fourth-order valence-electron chi connectivity index (χ4n) is 3.61. The molecule has 164 valence electrons. The molecule has 1 aliphatic rings. The lowest BCUT2D eigenvalue weighted by molar-refractivity contribution is 0.0269. The van der Waals surface area contributed by atoms with Crippen molar-refractivity contribution >= 4 is 17.2 Å². The van der Waals surface area contributed by atoms with E-state index in [1.807, 2.05) is 37.1 Å². The molecule has 1 saturated heterocycles. The molecule has 0 spiro atoms. The zero-order valence-electron chi connectivity index (χ0n) is 18.0. The van der Waals surface area contributed by atoms with Gasteiger partial charge in [-0.15, -0.1) is 11.3 Å². The first-order chi connectivity index (χ1) is 14.7. The summed E-state index contributed by atoms with van der Waals surface area (Å²) in [6.07, 6.45) is 1.68. The maximum atomic E-state index is 13.7. The van der Waals surface area contributed by atoms with Crippen LogP contribution in [0.2, 0.25) is 0 Å². The Morgan fingerprint density at radius 2 is 1.70 bits per heavy atom. The number of hydrogen-bond donors (Lipinski definition) is 0. The van der Waals surface area contributed by atoms with Crippen LogP contribution >= 0.6 is 11.3 Å². The van der Waals surface area contributed by atoms with Gasteiger partial charge in [0.25, 0.3) is 5.91 Å². The van der Waals surface area contributed by atoms with E-state index in [0.717, 1.165) is 17.7 Å². The second-order valence-electron chi connectivity index (χ2n) is 6.96. The lowest BCUT2D eigenvalue weighted by atomic mass is 10.0. The summed E-state index contributed by atoms with van der Waals surface area (Å²) in [5, 5.41) is 2.04. The number of amides is 1. The van der Waals surface area contributed by atoms with Crippen molar-refractivity contribution in [3.63, 3.8) is 0 Å². The van der Waals surface area contributed by atoms with Gasteiger partial charge in [0.1, 0.15) is 0 Å². The van der Waals surface area contributed by atoms with E-state index >= 15 is 0 Å². The minimum Gasteiger partial charge on any atom is -0.490 e. The average Bonchev–Trinajstić information content (AvgIpc) is 3.28. The molecular weight excluding hydrogens is 402 g/mol. The highest BCUT2D eigenvalue weighted by molar-refractivity contribution is 7.09. The highest BCUT2D eigenvalue weighted by Gasteiger charge is 2.29. The van der Waals surface area contributed by atoms with Crippen molar-refractivity contribution in [3.05, 3.63) is 40.1 Å². The van der Waals surface area contributed by atoms with Gasteiger partial charge in [0.2, 0.25) is 5.75 Å². The number of nitrogens with zero attached hydrogens (tertiary/aromatic N) is 1.